The van der Waals surface area contributed by atoms with Crippen LogP contribution in [0, 0.1) is 0 Å². The molecule has 3 rings (SSSR count). The van der Waals surface area contributed by atoms with Crippen LogP contribution in [0.5, 0.6) is 0 Å². The molecule has 0 spiro atoms. The van der Waals surface area contributed by atoms with E-state index in [2.05, 4.69) is 23.8 Å². The lowest BCUT2D eigenvalue weighted by molar-refractivity contribution is -0.127. The zero-order chi connectivity index (χ0) is 13.2. The molecule has 0 aliphatic carbocycles. The second-order valence-corrected chi connectivity index (χ2v) is 4.62. The number of carbonyl (C=O) groups is 1. The number of rotatable bonds is 2. The van der Waals surface area contributed by atoms with Crippen LogP contribution >= 0.6 is 0 Å². The number of hydrogen-bond donors (Lipinski definition) is 0. The van der Waals surface area contributed by atoms with Crippen molar-refractivity contribution in [3.05, 3.63) is 66.5 Å². The molecule has 0 saturated heterocycles. The van der Waals surface area contributed by atoms with E-state index in [1.54, 1.807) is 6.20 Å². The van der Waals surface area contributed by atoms with Gasteiger partial charge in [-0.3, -0.25) is 9.48 Å². The van der Waals surface area contributed by atoms with Crippen LogP contribution in [-0.2, 0) is 11.3 Å². The Morgan fingerprint density at radius 2 is 2.21 bits per heavy atom. The van der Waals surface area contributed by atoms with Crippen LogP contribution in [0.4, 0.5) is 0 Å². The Kier molecular flexibility index (Phi) is 2.91. The average molecular weight is 253 g/mol. The predicted octanol–water partition coefficient (Wildman–Crippen LogP) is 2.00. The van der Waals surface area contributed by atoms with Crippen molar-refractivity contribution < 1.29 is 4.79 Å². The first-order valence-corrected chi connectivity index (χ1v) is 6.28. The molecule has 1 atom stereocenters. The maximum atomic E-state index is 11.9. The fourth-order valence-corrected chi connectivity index (χ4v) is 2.57. The van der Waals surface area contributed by atoms with Gasteiger partial charge in [0.1, 0.15) is 0 Å². The molecule has 0 saturated carbocycles. The molecule has 1 aromatic heterocycles. The molecule has 96 valence electrons. The summed E-state index contributed by atoms with van der Waals surface area (Å²) in [6.45, 7) is 4.83. The molecule has 1 aromatic carbocycles. The van der Waals surface area contributed by atoms with Crippen LogP contribution in [0.1, 0.15) is 17.2 Å². The number of hydrogen-bond acceptors (Lipinski definition) is 2. The smallest absolute Gasteiger partial charge is 0.246 e. The summed E-state index contributed by atoms with van der Waals surface area (Å²) in [5.74, 6) is -0.0355. The second kappa shape index (κ2) is 4.72. The monoisotopic (exact) mass is 253 g/mol. The molecule has 4 nitrogen and oxygen atoms in total. The Hall–Kier alpha value is -2.36. The van der Waals surface area contributed by atoms with E-state index >= 15 is 0 Å². The predicted molar refractivity (Wildman–Crippen MR) is 72.4 cm³/mol. The molecule has 19 heavy (non-hydrogen) atoms. The van der Waals surface area contributed by atoms with Gasteiger partial charge in [-0.05, 0) is 23.3 Å². The van der Waals surface area contributed by atoms with E-state index in [4.69, 9.17) is 0 Å². The van der Waals surface area contributed by atoms with Gasteiger partial charge in [-0.15, -0.1) is 0 Å². The quantitative estimate of drug-likeness (QED) is 0.768. The lowest BCUT2D eigenvalue weighted by Crippen LogP contribution is -2.39. The van der Waals surface area contributed by atoms with Gasteiger partial charge in [0.2, 0.25) is 5.91 Å². The lowest BCUT2D eigenvalue weighted by Gasteiger charge is -2.34. The highest BCUT2D eigenvalue weighted by Crippen LogP contribution is 2.29. The molecular weight excluding hydrogens is 238 g/mol. The summed E-state index contributed by atoms with van der Waals surface area (Å²) in [4.78, 5) is 13.7. The zero-order valence-corrected chi connectivity index (χ0v) is 10.6. The summed E-state index contributed by atoms with van der Waals surface area (Å²) in [6.07, 6.45) is 5.06. The van der Waals surface area contributed by atoms with Gasteiger partial charge in [-0.2, -0.15) is 5.10 Å². The van der Waals surface area contributed by atoms with Gasteiger partial charge in [0.25, 0.3) is 0 Å². The summed E-state index contributed by atoms with van der Waals surface area (Å²) < 4.78 is 1.90. The van der Waals surface area contributed by atoms with E-state index in [0.717, 1.165) is 0 Å². The first kappa shape index (κ1) is 11.7. The molecule has 1 aliphatic heterocycles. The van der Waals surface area contributed by atoms with Gasteiger partial charge < -0.3 is 4.90 Å². The molecule has 0 N–H and O–H groups in total. The SMILES string of the molecule is C=CC(=O)N1Cc2ccccc2C(n2cccn2)C1. The van der Waals surface area contributed by atoms with Crippen LogP contribution in [0.25, 0.3) is 0 Å². The third-order valence-corrected chi connectivity index (χ3v) is 3.50. The number of nitrogens with zero attached hydrogens (tertiary/aromatic N) is 3. The van der Waals surface area contributed by atoms with E-state index in [0.29, 0.717) is 13.1 Å². The highest BCUT2D eigenvalue weighted by Gasteiger charge is 2.28. The van der Waals surface area contributed by atoms with E-state index in [1.807, 2.05) is 34.0 Å². The van der Waals surface area contributed by atoms with E-state index in [9.17, 15) is 4.79 Å². The molecule has 0 fully saturated rings. The van der Waals surface area contributed by atoms with Gasteiger partial charge >= 0.3 is 0 Å². The average Bonchev–Trinajstić information content (AvgIpc) is 2.99. The maximum Gasteiger partial charge on any atom is 0.246 e. The van der Waals surface area contributed by atoms with Crippen molar-refractivity contribution in [2.24, 2.45) is 0 Å². The van der Waals surface area contributed by atoms with Gasteiger partial charge in [0.15, 0.2) is 0 Å². The minimum atomic E-state index is -0.0355. The summed E-state index contributed by atoms with van der Waals surface area (Å²) in [5.41, 5.74) is 2.41. The van der Waals surface area contributed by atoms with Crippen molar-refractivity contribution in [2.75, 3.05) is 6.54 Å². The minimum Gasteiger partial charge on any atom is -0.332 e. The Morgan fingerprint density at radius 1 is 1.37 bits per heavy atom. The highest BCUT2D eigenvalue weighted by molar-refractivity contribution is 5.87. The second-order valence-electron chi connectivity index (χ2n) is 4.62. The van der Waals surface area contributed by atoms with Crippen LogP contribution in [0.2, 0.25) is 0 Å². The normalized spacial score (nSPS) is 17.9. The van der Waals surface area contributed by atoms with E-state index in [1.165, 1.54) is 17.2 Å². The summed E-state index contributed by atoms with van der Waals surface area (Å²) in [5, 5.41) is 4.31. The fraction of sp³-hybridized carbons (Fsp3) is 0.200. The van der Waals surface area contributed by atoms with Crippen molar-refractivity contribution in [3.63, 3.8) is 0 Å². The molecule has 0 radical (unpaired) electrons. The Bertz CT molecular complexity index is 604. The largest absolute Gasteiger partial charge is 0.332 e. The van der Waals surface area contributed by atoms with Crippen LogP contribution in [-0.4, -0.2) is 27.1 Å². The standard InChI is InChI=1S/C15H15N3O/c1-2-15(19)17-10-12-6-3-4-7-13(12)14(11-17)18-9-5-8-16-18/h2-9,14H,1,10-11H2. The van der Waals surface area contributed by atoms with Crippen molar-refractivity contribution in [2.45, 2.75) is 12.6 Å². The van der Waals surface area contributed by atoms with Crippen LogP contribution in [0.15, 0.2) is 55.4 Å². The highest BCUT2D eigenvalue weighted by atomic mass is 16.2. The molecule has 2 aromatic rings. The van der Waals surface area contributed by atoms with Crippen molar-refractivity contribution in [1.82, 2.24) is 14.7 Å². The minimum absolute atomic E-state index is 0.0355. The van der Waals surface area contributed by atoms with E-state index in [-0.39, 0.29) is 11.9 Å². The molecule has 2 heterocycles. The molecule has 1 aliphatic rings. The van der Waals surface area contributed by atoms with Gasteiger partial charge in [-0.25, -0.2) is 0 Å². The van der Waals surface area contributed by atoms with Crippen LogP contribution < -0.4 is 0 Å². The first-order chi connectivity index (χ1) is 9.29. The van der Waals surface area contributed by atoms with Crippen LogP contribution in [0.3, 0.4) is 0 Å². The molecular formula is C15H15N3O. The third kappa shape index (κ3) is 2.05. The number of amides is 1. The topological polar surface area (TPSA) is 38.1 Å². The number of fused-ring (bicyclic) bond motifs is 1. The third-order valence-electron chi connectivity index (χ3n) is 3.50. The Morgan fingerprint density at radius 3 is 2.95 bits per heavy atom. The molecule has 1 unspecified atom stereocenters. The van der Waals surface area contributed by atoms with Crippen molar-refractivity contribution in [3.8, 4) is 0 Å². The summed E-state index contributed by atoms with van der Waals surface area (Å²) >= 11 is 0. The van der Waals surface area contributed by atoms with Gasteiger partial charge in [0, 0.05) is 25.5 Å². The first-order valence-electron chi connectivity index (χ1n) is 6.28. The lowest BCUT2D eigenvalue weighted by atomic mass is 9.95. The summed E-state index contributed by atoms with van der Waals surface area (Å²) in [6, 6.07) is 10.2. The molecule has 0 bridgehead atoms. The maximum absolute atomic E-state index is 11.9. The van der Waals surface area contributed by atoms with Crippen molar-refractivity contribution in [1.29, 1.82) is 0 Å². The van der Waals surface area contributed by atoms with Gasteiger partial charge in [0.05, 0.1) is 6.04 Å². The Labute approximate surface area is 112 Å². The van der Waals surface area contributed by atoms with Crippen molar-refractivity contribution >= 4 is 5.91 Å². The number of aromatic nitrogens is 2. The molecule has 1 amide bonds. The number of benzene rings is 1. The summed E-state index contributed by atoms with van der Waals surface area (Å²) in [7, 11) is 0. The Balaban J connectivity index is 2.03. The molecule has 4 heteroatoms. The fourth-order valence-electron chi connectivity index (χ4n) is 2.57. The van der Waals surface area contributed by atoms with Gasteiger partial charge in [-0.1, -0.05) is 30.8 Å². The van der Waals surface area contributed by atoms with E-state index < -0.39 is 0 Å². The zero-order valence-electron chi connectivity index (χ0n) is 10.6. The number of carbonyl (C=O) groups excluding carboxylic acids is 1.